The van der Waals surface area contributed by atoms with Crippen LogP contribution in [-0.2, 0) is 5.54 Å². The summed E-state index contributed by atoms with van der Waals surface area (Å²) in [6.07, 6.45) is 0. The summed E-state index contributed by atoms with van der Waals surface area (Å²) in [6, 6.07) is 10.8. The highest BCUT2D eigenvalue weighted by molar-refractivity contribution is 5.25. The molecule has 1 saturated heterocycles. The first kappa shape index (κ1) is 12.5. The fourth-order valence-electron chi connectivity index (χ4n) is 2.53. The van der Waals surface area contributed by atoms with E-state index < -0.39 is 0 Å². The summed E-state index contributed by atoms with van der Waals surface area (Å²) in [5, 5.41) is 3.59. The third-order valence-electron chi connectivity index (χ3n) is 3.71. The Hall–Kier alpha value is -0.930. The van der Waals surface area contributed by atoms with Crippen molar-refractivity contribution in [2.45, 2.75) is 25.4 Å². The van der Waals surface area contributed by atoms with Crippen LogP contribution in [0.5, 0.6) is 0 Å². The minimum Gasteiger partial charge on any atom is -0.305 e. The summed E-state index contributed by atoms with van der Waals surface area (Å²) < 4.78 is 12.5. The molecule has 0 aliphatic carbocycles. The second-order valence-electron chi connectivity index (χ2n) is 5.09. The third kappa shape index (κ3) is 2.67. The summed E-state index contributed by atoms with van der Waals surface area (Å²) in [4.78, 5) is 2.23. The number of rotatable bonds is 3. The quantitative estimate of drug-likeness (QED) is 0.865. The van der Waals surface area contributed by atoms with Gasteiger partial charge in [-0.2, -0.15) is 0 Å². The molecule has 17 heavy (non-hydrogen) atoms. The number of nitrogens with one attached hydrogen (secondary N) is 1. The Balaban J connectivity index is 2.16. The molecule has 0 spiro atoms. The molecule has 0 bridgehead atoms. The monoisotopic (exact) mass is 236 g/mol. The van der Waals surface area contributed by atoms with Gasteiger partial charge < -0.3 is 5.32 Å². The number of alkyl halides is 1. The van der Waals surface area contributed by atoms with Gasteiger partial charge >= 0.3 is 0 Å². The highest BCUT2D eigenvalue weighted by atomic mass is 19.1. The SMILES string of the molecule is CC1CNC(C)(c2ccccc2)CN1CCF. The van der Waals surface area contributed by atoms with E-state index in [9.17, 15) is 4.39 Å². The molecular formula is C14H21FN2. The van der Waals surface area contributed by atoms with E-state index in [2.05, 4.69) is 48.3 Å². The molecule has 1 fully saturated rings. The maximum Gasteiger partial charge on any atom is 0.102 e. The van der Waals surface area contributed by atoms with Gasteiger partial charge in [0.25, 0.3) is 0 Å². The lowest BCUT2D eigenvalue weighted by Crippen LogP contribution is -2.60. The molecule has 2 nitrogen and oxygen atoms in total. The van der Waals surface area contributed by atoms with Crippen molar-refractivity contribution in [3.8, 4) is 0 Å². The van der Waals surface area contributed by atoms with Gasteiger partial charge in [-0.05, 0) is 19.4 Å². The molecule has 2 unspecified atom stereocenters. The average molecular weight is 236 g/mol. The van der Waals surface area contributed by atoms with Crippen LogP contribution in [0.4, 0.5) is 4.39 Å². The van der Waals surface area contributed by atoms with Crippen molar-refractivity contribution in [1.82, 2.24) is 10.2 Å². The topological polar surface area (TPSA) is 15.3 Å². The highest BCUT2D eigenvalue weighted by Gasteiger charge is 2.34. The number of nitrogens with zero attached hydrogens (tertiary/aromatic N) is 1. The van der Waals surface area contributed by atoms with E-state index in [-0.39, 0.29) is 12.2 Å². The van der Waals surface area contributed by atoms with Crippen molar-refractivity contribution >= 4 is 0 Å². The standard InChI is InChI=1S/C14H21FN2/c1-12-10-16-14(2,11-17(12)9-8-15)13-6-4-3-5-7-13/h3-7,12,16H,8-11H2,1-2H3. The molecule has 0 radical (unpaired) electrons. The summed E-state index contributed by atoms with van der Waals surface area (Å²) in [5.74, 6) is 0. The van der Waals surface area contributed by atoms with E-state index in [1.54, 1.807) is 0 Å². The first-order valence-electron chi connectivity index (χ1n) is 6.26. The van der Waals surface area contributed by atoms with Gasteiger partial charge in [0.05, 0.1) is 5.54 Å². The smallest absolute Gasteiger partial charge is 0.102 e. The molecule has 94 valence electrons. The number of hydrogen-bond donors (Lipinski definition) is 1. The Kier molecular flexibility index (Phi) is 3.79. The van der Waals surface area contributed by atoms with Crippen molar-refractivity contribution in [2.75, 3.05) is 26.3 Å². The van der Waals surface area contributed by atoms with Crippen LogP contribution in [0, 0.1) is 0 Å². The first-order valence-corrected chi connectivity index (χ1v) is 6.26. The molecule has 0 saturated carbocycles. The third-order valence-corrected chi connectivity index (χ3v) is 3.71. The molecular weight excluding hydrogens is 215 g/mol. The van der Waals surface area contributed by atoms with E-state index in [1.807, 2.05) is 6.07 Å². The van der Waals surface area contributed by atoms with Crippen LogP contribution in [0.25, 0.3) is 0 Å². The van der Waals surface area contributed by atoms with Gasteiger partial charge in [-0.25, -0.2) is 4.39 Å². The molecule has 1 aliphatic heterocycles. The molecule has 0 aromatic heterocycles. The molecule has 1 aromatic carbocycles. The Labute approximate surface area is 103 Å². The molecule has 1 heterocycles. The van der Waals surface area contributed by atoms with Gasteiger partial charge in [0.2, 0.25) is 0 Å². The van der Waals surface area contributed by atoms with Crippen LogP contribution in [0.3, 0.4) is 0 Å². The zero-order valence-electron chi connectivity index (χ0n) is 10.6. The Bertz CT molecular complexity index is 354. The lowest BCUT2D eigenvalue weighted by molar-refractivity contribution is 0.0883. The van der Waals surface area contributed by atoms with Gasteiger partial charge in [-0.1, -0.05) is 30.3 Å². The van der Waals surface area contributed by atoms with E-state index in [0.717, 1.165) is 13.1 Å². The Morgan fingerprint density at radius 3 is 2.76 bits per heavy atom. The summed E-state index contributed by atoms with van der Waals surface area (Å²) in [5.41, 5.74) is 1.21. The predicted octanol–water partition coefficient (Wildman–Crippen LogP) is 2.17. The van der Waals surface area contributed by atoms with Crippen molar-refractivity contribution in [3.05, 3.63) is 35.9 Å². The minimum absolute atomic E-state index is 0.0665. The molecule has 2 atom stereocenters. The van der Waals surface area contributed by atoms with Crippen molar-refractivity contribution in [2.24, 2.45) is 0 Å². The maximum atomic E-state index is 12.5. The largest absolute Gasteiger partial charge is 0.305 e. The maximum absolute atomic E-state index is 12.5. The minimum atomic E-state index is -0.269. The van der Waals surface area contributed by atoms with Crippen LogP contribution >= 0.6 is 0 Å². The molecule has 0 amide bonds. The van der Waals surface area contributed by atoms with Crippen molar-refractivity contribution in [3.63, 3.8) is 0 Å². The van der Waals surface area contributed by atoms with Gasteiger partial charge in [0.1, 0.15) is 6.67 Å². The summed E-state index contributed by atoms with van der Waals surface area (Å²) >= 11 is 0. The zero-order chi connectivity index (χ0) is 12.3. The van der Waals surface area contributed by atoms with Gasteiger partial charge in [0.15, 0.2) is 0 Å². The van der Waals surface area contributed by atoms with Gasteiger partial charge in [-0.3, -0.25) is 4.90 Å². The Morgan fingerprint density at radius 1 is 1.41 bits per heavy atom. The van der Waals surface area contributed by atoms with Crippen LogP contribution in [0.1, 0.15) is 19.4 Å². The highest BCUT2D eigenvalue weighted by Crippen LogP contribution is 2.26. The van der Waals surface area contributed by atoms with Crippen molar-refractivity contribution in [1.29, 1.82) is 0 Å². The predicted molar refractivity (Wildman–Crippen MR) is 68.8 cm³/mol. The number of halogens is 1. The lowest BCUT2D eigenvalue weighted by Gasteiger charge is -2.45. The Morgan fingerprint density at radius 2 is 2.12 bits per heavy atom. The van der Waals surface area contributed by atoms with Crippen molar-refractivity contribution < 1.29 is 4.39 Å². The van der Waals surface area contributed by atoms with E-state index in [0.29, 0.717) is 12.6 Å². The number of benzene rings is 1. The molecule has 1 aromatic rings. The average Bonchev–Trinajstić information content (AvgIpc) is 2.36. The van der Waals surface area contributed by atoms with E-state index in [1.165, 1.54) is 5.56 Å². The van der Waals surface area contributed by atoms with Crippen LogP contribution in [-0.4, -0.2) is 37.3 Å². The lowest BCUT2D eigenvalue weighted by atomic mass is 9.88. The van der Waals surface area contributed by atoms with Gasteiger partial charge in [-0.15, -0.1) is 0 Å². The van der Waals surface area contributed by atoms with Crippen LogP contribution in [0.2, 0.25) is 0 Å². The zero-order valence-corrected chi connectivity index (χ0v) is 10.6. The first-order chi connectivity index (χ1) is 8.15. The second kappa shape index (κ2) is 5.15. The normalized spacial score (nSPS) is 30.4. The van der Waals surface area contributed by atoms with E-state index >= 15 is 0 Å². The fourth-order valence-corrected chi connectivity index (χ4v) is 2.53. The van der Waals surface area contributed by atoms with E-state index in [4.69, 9.17) is 0 Å². The van der Waals surface area contributed by atoms with Crippen LogP contribution < -0.4 is 5.32 Å². The number of piperazine rings is 1. The van der Waals surface area contributed by atoms with Crippen LogP contribution in [0.15, 0.2) is 30.3 Å². The molecule has 3 heteroatoms. The molecule has 1 aliphatic rings. The molecule has 1 N–H and O–H groups in total. The molecule has 2 rings (SSSR count). The van der Waals surface area contributed by atoms with Gasteiger partial charge in [0, 0.05) is 25.7 Å². The summed E-state index contributed by atoms with van der Waals surface area (Å²) in [6.45, 7) is 6.38. The fraction of sp³-hybridized carbons (Fsp3) is 0.571. The summed E-state index contributed by atoms with van der Waals surface area (Å²) in [7, 11) is 0. The number of hydrogen-bond acceptors (Lipinski definition) is 2. The second-order valence-corrected chi connectivity index (χ2v) is 5.09.